The molecule has 1 aromatic heterocycles. The van der Waals surface area contributed by atoms with E-state index in [-0.39, 0.29) is 11.8 Å². The molecule has 1 atom stereocenters. The molecular weight excluding hydrogens is 260 g/mol. The standard InChI is InChI=1S/C14H16N2O2S/c1-9(13(15)19)8-16(2)14(17)12-7-10-5-3-4-6-11(10)18-12/h3-7,9H,8H2,1-2H3,(H2,15,19). The third-order valence-electron chi connectivity index (χ3n) is 3.02. The first-order valence-corrected chi connectivity index (χ1v) is 6.43. The van der Waals surface area contributed by atoms with Crippen molar-refractivity contribution in [2.45, 2.75) is 6.92 Å². The molecule has 1 heterocycles. The molecule has 0 spiro atoms. The van der Waals surface area contributed by atoms with E-state index in [0.29, 0.717) is 22.9 Å². The van der Waals surface area contributed by atoms with Gasteiger partial charge in [-0.05, 0) is 12.1 Å². The summed E-state index contributed by atoms with van der Waals surface area (Å²) < 4.78 is 5.54. The number of carbonyl (C=O) groups excluding carboxylic acids is 1. The van der Waals surface area contributed by atoms with Gasteiger partial charge in [0.1, 0.15) is 5.58 Å². The number of rotatable bonds is 4. The molecule has 2 aromatic rings. The number of thiocarbonyl (C=S) groups is 1. The summed E-state index contributed by atoms with van der Waals surface area (Å²) in [5, 5.41) is 0.918. The van der Waals surface area contributed by atoms with Crippen LogP contribution in [0.4, 0.5) is 0 Å². The first kappa shape index (κ1) is 13.5. The van der Waals surface area contributed by atoms with Crippen molar-refractivity contribution in [1.82, 2.24) is 4.90 Å². The molecule has 0 aliphatic heterocycles. The molecule has 0 saturated heterocycles. The van der Waals surface area contributed by atoms with Crippen LogP contribution < -0.4 is 5.73 Å². The van der Waals surface area contributed by atoms with Gasteiger partial charge in [-0.15, -0.1) is 0 Å². The number of hydrogen-bond donors (Lipinski definition) is 1. The summed E-state index contributed by atoms with van der Waals surface area (Å²) in [5.74, 6) is 0.145. The zero-order chi connectivity index (χ0) is 14.0. The number of fused-ring (bicyclic) bond motifs is 1. The Balaban J connectivity index is 2.16. The zero-order valence-corrected chi connectivity index (χ0v) is 11.7. The van der Waals surface area contributed by atoms with E-state index in [9.17, 15) is 4.79 Å². The van der Waals surface area contributed by atoms with Crippen LogP contribution in [0.25, 0.3) is 11.0 Å². The summed E-state index contributed by atoms with van der Waals surface area (Å²) in [6.07, 6.45) is 0. The third-order valence-corrected chi connectivity index (χ3v) is 3.42. The summed E-state index contributed by atoms with van der Waals surface area (Å²) in [7, 11) is 1.71. The van der Waals surface area contributed by atoms with Crippen LogP contribution in [0.2, 0.25) is 0 Å². The minimum atomic E-state index is -0.167. The summed E-state index contributed by atoms with van der Waals surface area (Å²) in [6.45, 7) is 2.37. The lowest BCUT2D eigenvalue weighted by atomic mass is 10.1. The minimum Gasteiger partial charge on any atom is -0.451 e. The van der Waals surface area contributed by atoms with Crippen molar-refractivity contribution in [3.05, 3.63) is 36.1 Å². The first-order chi connectivity index (χ1) is 8.99. The molecular formula is C14H16N2O2S. The average molecular weight is 276 g/mol. The topological polar surface area (TPSA) is 59.5 Å². The number of nitrogens with zero attached hydrogens (tertiary/aromatic N) is 1. The Morgan fingerprint density at radius 2 is 2.16 bits per heavy atom. The van der Waals surface area contributed by atoms with Crippen LogP contribution in [-0.2, 0) is 0 Å². The lowest BCUT2D eigenvalue weighted by Crippen LogP contribution is -2.35. The summed E-state index contributed by atoms with van der Waals surface area (Å²) in [6, 6.07) is 9.28. The van der Waals surface area contributed by atoms with Gasteiger partial charge >= 0.3 is 0 Å². The molecule has 5 heteroatoms. The second-order valence-electron chi connectivity index (χ2n) is 4.64. The van der Waals surface area contributed by atoms with Crippen LogP contribution in [0, 0.1) is 5.92 Å². The van der Waals surface area contributed by atoms with Crippen molar-refractivity contribution >= 4 is 34.1 Å². The summed E-state index contributed by atoms with van der Waals surface area (Å²) in [5.41, 5.74) is 6.26. The van der Waals surface area contributed by atoms with Crippen molar-refractivity contribution < 1.29 is 9.21 Å². The van der Waals surface area contributed by atoms with Gasteiger partial charge in [0.15, 0.2) is 5.76 Å². The molecule has 0 aliphatic carbocycles. The summed E-state index contributed by atoms with van der Waals surface area (Å²) >= 11 is 4.91. The Morgan fingerprint density at radius 1 is 1.47 bits per heavy atom. The van der Waals surface area contributed by atoms with Crippen molar-refractivity contribution in [3.8, 4) is 0 Å². The normalized spacial score (nSPS) is 12.3. The van der Waals surface area contributed by atoms with Crippen LogP contribution in [0.1, 0.15) is 17.5 Å². The highest BCUT2D eigenvalue weighted by atomic mass is 32.1. The van der Waals surface area contributed by atoms with Crippen LogP contribution in [0.15, 0.2) is 34.7 Å². The molecule has 1 aromatic carbocycles. The van der Waals surface area contributed by atoms with Gasteiger partial charge in [0.2, 0.25) is 0 Å². The maximum absolute atomic E-state index is 12.2. The predicted octanol–water partition coefficient (Wildman–Crippen LogP) is 2.43. The van der Waals surface area contributed by atoms with E-state index in [1.807, 2.05) is 31.2 Å². The Hall–Kier alpha value is -1.88. The van der Waals surface area contributed by atoms with Gasteiger partial charge in [-0.1, -0.05) is 37.3 Å². The van der Waals surface area contributed by atoms with Crippen molar-refractivity contribution in [2.75, 3.05) is 13.6 Å². The number of carbonyl (C=O) groups is 1. The quantitative estimate of drug-likeness (QED) is 0.871. The van der Waals surface area contributed by atoms with Crippen LogP contribution in [0.3, 0.4) is 0 Å². The van der Waals surface area contributed by atoms with E-state index in [2.05, 4.69) is 0 Å². The highest BCUT2D eigenvalue weighted by Gasteiger charge is 2.19. The fourth-order valence-electron chi connectivity index (χ4n) is 1.86. The average Bonchev–Trinajstić information content (AvgIpc) is 2.81. The highest BCUT2D eigenvalue weighted by Crippen LogP contribution is 2.20. The Labute approximate surface area is 117 Å². The number of benzene rings is 1. The zero-order valence-electron chi connectivity index (χ0n) is 10.9. The van der Waals surface area contributed by atoms with Gasteiger partial charge in [-0.25, -0.2) is 0 Å². The summed E-state index contributed by atoms with van der Waals surface area (Å²) in [4.78, 5) is 14.2. The molecule has 100 valence electrons. The molecule has 4 nitrogen and oxygen atoms in total. The minimum absolute atomic E-state index is 0.0201. The van der Waals surface area contributed by atoms with E-state index in [1.165, 1.54) is 0 Å². The SMILES string of the molecule is CC(CN(C)C(=O)c1cc2ccccc2o1)C(N)=S. The van der Waals surface area contributed by atoms with Gasteiger partial charge in [-0.3, -0.25) is 4.79 Å². The van der Waals surface area contributed by atoms with Gasteiger partial charge in [-0.2, -0.15) is 0 Å². The second kappa shape index (κ2) is 5.40. The second-order valence-corrected chi connectivity index (χ2v) is 5.11. The molecule has 2 N–H and O–H groups in total. The fraction of sp³-hybridized carbons (Fsp3) is 0.286. The molecule has 0 aliphatic rings. The molecule has 1 unspecified atom stereocenters. The number of nitrogens with two attached hydrogens (primary N) is 1. The van der Waals surface area contributed by atoms with E-state index < -0.39 is 0 Å². The molecule has 2 rings (SSSR count). The molecule has 19 heavy (non-hydrogen) atoms. The van der Waals surface area contributed by atoms with Gasteiger partial charge < -0.3 is 15.1 Å². The van der Waals surface area contributed by atoms with Crippen molar-refractivity contribution in [1.29, 1.82) is 0 Å². The molecule has 1 amide bonds. The van der Waals surface area contributed by atoms with E-state index in [4.69, 9.17) is 22.4 Å². The Kier molecular flexibility index (Phi) is 3.85. The van der Waals surface area contributed by atoms with E-state index >= 15 is 0 Å². The van der Waals surface area contributed by atoms with Crippen molar-refractivity contribution in [3.63, 3.8) is 0 Å². The number of amides is 1. The molecule has 0 fully saturated rings. The maximum Gasteiger partial charge on any atom is 0.289 e. The lowest BCUT2D eigenvalue weighted by molar-refractivity contribution is 0.0758. The monoisotopic (exact) mass is 276 g/mol. The third kappa shape index (κ3) is 2.93. The first-order valence-electron chi connectivity index (χ1n) is 6.02. The lowest BCUT2D eigenvalue weighted by Gasteiger charge is -2.19. The van der Waals surface area contributed by atoms with Gasteiger partial charge in [0.25, 0.3) is 5.91 Å². The van der Waals surface area contributed by atoms with E-state index in [1.54, 1.807) is 18.0 Å². The fourth-order valence-corrected chi connectivity index (χ4v) is 1.93. The smallest absolute Gasteiger partial charge is 0.289 e. The van der Waals surface area contributed by atoms with Gasteiger partial charge in [0, 0.05) is 24.9 Å². The van der Waals surface area contributed by atoms with Crippen LogP contribution in [-0.4, -0.2) is 29.4 Å². The largest absolute Gasteiger partial charge is 0.451 e. The van der Waals surface area contributed by atoms with E-state index in [0.717, 1.165) is 5.39 Å². The molecule has 0 bridgehead atoms. The Bertz CT molecular complexity index is 588. The van der Waals surface area contributed by atoms with Crippen LogP contribution >= 0.6 is 12.2 Å². The van der Waals surface area contributed by atoms with Gasteiger partial charge in [0.05, 0.1) is 4.99 Å². The number of hydrogen-bond acceptors (Lipinski definition) is 3. The maximum atomic E-state index is 12.2. The van der Waals surface area contributed by atoms with Crippen LogP contribution in [0.5, 0.6) is 0 Å². The Morgan fingerprint density at radius 3 is 2.79 bits per heavy atom. The highest BCUT2D eigenvalue weighted by molar-refractivity contribution is 7.80. The molecule has 0 radical (unpaired) electrons. The predicted molar refractivity (Wildman–Crippen MR) is 79.1 cm³/mol. The number of furan rings is 1. The van der Waals surface area contributed by atoms with Crippen molar-refractivity contribution in [2.24, 2.45) is 11.7 Å². The molecule has 0 saturated carbocycles. The number of para-hydroxylation sites is 1.